The zero-order chi connectivity index (χ0) is 13.6. The molecule has 1 atom stereocenters. The molecule has 2 N–H and O–H groups in total. The second-order valence-electron chi connectivity index (χ2n) is 4.06. The van der Waals surface area contributed by atoms with Crippen molar-refractivity contribution in [2.45, 2.75) is 24.0 Å². The Balaban J connectivity index is 2.48. The van der Waals surface area contributed by atoms with Gasteiger partial charge in [-0.25, -0.2) is 13.1 Å². The van der Waals surface area contributed by atoms with Crippen LogP contribution < -0.4 is 4.72 Å². The van der Waals surface area contributed by atoms with Crippen molar-refractivity contribution in [2.24, 2.45) is 5.92 Å². The SMILES string of the molecule is CC(CO)CCCNS(=O)(=O)c1ccc(C#N)s1. The Kier molecular flexibility index (Phi) is 5.75. The molecule has 0 aromatic carbocycles. The van der Waals surface area contributed by atoms with E-state index in [1.165, 1.54) is 12.1 Å². The van der Waals surface area contributed by atoms with E-state index in [1.807, 2.05) is 13.0 Å². The first-order chi connectivity index (χ1) is 8.49. The van der Waals surface area contributed by atoms with E-state index in [0.29, 0.717) is 17.8 Å². The molecule has 0 amide bonds. The van der Waals surface area contributed by atoms with Gasteiger partial charge in [-0.05, 0) is 30.9 Å². The van der Waals surface area contributed by atoms with Crippen LogP contribution in [0.1, 0.15) is 24.6 Å². The summed E-state index contributed by atoms with van der Waals surface area (Å²) in [5, 5.41) is 17.5. The van der Waals surface area contributed by atoms with Gasteiger partial charge in [0.25, 0.3) is 0 Å². The third-order valence-corrected chi connectivity index (χ3v) is 5.38. The van der Waals surface area contributed by atoms with Gasteiger partial charge in [0.2, 0.25) is 10.0 Å². The summed E-state index contributed by atoms with van der Waals surface area (Å²) < 4.78 is 26.3. The fourth-order valence-corrected chi connectivity index (χ4v) is 3.57. The Hall–Kier alpha value is -0.940. The van der Waals surface area contributed by atoms with Crippen LogP contribution in [0, 0.1) is 17.2 Å². The molecule has 1 rings (SSSR count). The number of aliphatic hydroxyl groups excluding tert-OH is 1. The third-order valence-electron chi connectivity index (χ3n) is 2.43. The molecule has 0 fully saturated rings. The average molecular weight is 288 g/mol. The number of hydrogen-bond acceptors (Lipinski definition) is 5. The van der Waals surface area contributed by atoms with Gasteiger partial charge in [0.05, 0.1) is 0 Å². The lowest BCUT2D eigenvalue weighted by Crippen LogP contribution is -2.24. The molecule has 7 heteroatoms. The molecule has 0 saturated carbocycles. The van der Waals surface area contributed by atoms with Crippen molar-refractivity contribution in [1.82, 2.24) is 4.72 Å². The van der Waals surface area contributed by atoms with E-state index in [0.717, 1.165) is 17.8 Å². The van der Waals surface area contributed by atoms with Crippen molar-refractivity contribution < 1.29 is 13.5 Å². The number of nitriles is 1. The van der Waals surface area contributed by atoms with Crippen LogP contribution in [0.5, 0.6) is 0 Å². The van der Waals surface area contributed by atoms with E-state index < -0.39 is 10.0 Å². The Morgan fingerprint density at radius 2 is 2.28 bits per heavy atom. The molecule has 1 aromatic rings. The molecule has 18 heavy (non-hydrogen) atoms. The highest BCUT2D eigenvalue weighted by molar-refractivity contribution is 7.91. The smallest absolute Gasteiger partial charge is 0.250 e. The van der Waals surface area contributed by atoms with E-state index in [4.69, 9.17) is 10.4 Å². The van der Waals surface area contributed by atoms with Gasteiger partial charge in [-0.15, -0.1) is 11.3 Å². The highest BCUT2D eigenvalue weighted by Gasteiger charge is 2.16. The first kappa shape index (κ1) is 15.1. The molecule has 1 heterocycles. The maximum atomic E-state index is 11.8. The highest BCUT2D eigenvalue weighted by Crippen LogP contribution is 2.20. The fourth-order valence-electron chi connectivity index (χ4n) is 1.34. The lowest BCUT2D eigenvalue weighted by Gasteiger charge is -2.08. The number of aliphatic hydroxyl groups is 1. The van der Waals surface area contributed by atoms with Crippen LogP contribution in [0.2, 0.25) is 0 Å². The zero-order valence-corrected chi connectivity index (χ0v) is 11.7. The fraction of sp³-hybridized carbons (Fsp3) is 0.545. The van der Waals surface area contributed by atoms with Gasteiger partial charge < -0.3 is 5.11 Å². The quantitative estimate of drug-likeness (QED) is 0.740. The van der Waals surface area contributed by atoms with Crippen molar-refractivity contribution >= 4 is 21.4 Å². The molecule has 1 unspecified atom stereocenters. The number of nitrogens with zero attached hydrogens (tertiary/aromatic N) is 1. The normalized spacial score (nSPS) is 13.2. The summed E-state index contributed by atoms with van der Waals surface area (Å²) in [5.41, 5.74) is 0. The molecule has 0 bridgehead atoms. The number of nitrogens with one attached hydrogen (secondary N) is 1. The number of sulfonamides is 1. The highest BCUT2D eigenvalue weighted by atomic mass is 32.2. The van der Waals surface area contributed by atoms with Crippen LogP contribution in [0.25, 0.3) is 0 Å². The molecule has 0 aliphatic heterocycles. The molecular weight excluding hydrogens is 272 g/mol. The lowest BCUT2D eigenvalue weighted by atomic mass is 10.1. The van der Waals surface area contributed by atoms with E-state index in [2.05, 4.69) is 4.72 Å². The maximum absolute atomic E-state index is 11.8. The number of rotatable bonds is 7. The summed E-state index contributed by atoms with van der Waals surface area (Å²) in [6.45, 7) is 2.36. The Bertz CT molecular complexity index is 517. The summed E-state index contributed by atoms with van der Waals surface area (Å²) in [7, 11) is -3.50. The van der Waals surface area contributed by atoms with Crippen LogP contribution >= 0.6 is 11.3 Å². The molecule has 100 valence electrons. The van der Waals surface area contributed by atoms with E-state index in [-0.39, 0.29) is 16.7 Å². The minimum atomic E-state index is -3.50. The minimum Gasteiger partial charge on any atom is -0.396 e. The van der Waals surface area contributed by atoms with E-state index in [9.17, 15) is 8.42 Å². The van der Waals surface area contributed by atoms with Gasteiger partial charge in [-0.2, -0.15) is 5.26 Å². The first-order valence-electron chi connectivity index (χ1n) is 5.60. The molecule has 1 aromatic heterocycles. The van der Waals surface area contributed by atoms with Crippen LogP contribution in [-0.4, -0.2) is 26.7 Å². The summed E-state index contributed by atoms with van der Waals surface area (Å²) in [5.74, 6) is 0.182. The summed E-state index contributed by atoms with van der Waals surface area (Å²) in [6.07, 6.45) is 1.45. The van der Waals surface area contributed by atoms with Gasteiger partial charge in [-0.3, -0.25) is 0 Å². The molecule has 0 saturated heterocycles. The second kappa shape index (κ2) is 6.85. The van der Waals surface area contributed by atoms with Crippen LogP contribution in [-0.2, 0) is 10.0 Å². The molecule has 0 aliphatic rings. The van der Waals surface area contributed by atoms with Gasteiger partial charge in [0.15, 0.2) is 0 Å². The standard InChI is InChI=1S/C11H16N2O3S2/c1-9(8-14)3-2-6-13-18(15,16)11-5-4-10(7-12)17-11/h4-5,9,13-14H,2-3,6,8H2,1H3. The third kappa shape index (κ3) is 4.38. The topological polar surface area (TPSA) is 90.2 Å². The molecular formula is C11H16N2O3S2. The van der Waals surface area contributed by atoms with Crippen molar-refractivity contribution in [3.8, 4) is 6.07 Å². The predicted octanol–water partition coefficient (Wildman–Crippen LogP) is 1.31. The van der Waals surface area contributed by atoms with E-state index >= 15 is 0 Å². The van der Waals surface area contributed by atoms with Crippen molar-refractivity contribution in [3.63, 3.8) is 0 Å². The van der Waals surface area contributed by atoms with Gasteiger partial charge in [0, 0.05) is 13.2 Å². The summed E-state index contributed by atoms with van der Waals surface area (Å²) >= 11 is 0.957. The van der Waals surface area contributed by atoms with Crippen molar-refractivity contribution in [3.05, 3.63) is 17.0 Å². The molecule has 5 nitrogen and oxygen atoms in total. The Morgan fingerprint density at radius 1 is 1.56 bits per heavy atom. The molecule has 0 aliphatic carbocycles. The lowest BCUT2D eigenvalue weighted by molar-refractivity contribution is 0.228. The number of hydrogen-bond donors (Lipinski definition) is 2. The van der Waals surface area contributed by atoms with Crippen LogP contribution in [0.15, 0.2) is 16.3 Å². The minimum absolute atomic E-state index is 0.114. The second-order valence-corrected chi connectivity index (χ2v) is 7.14. The average Bonchev–Trinajstić information content (AvgIpc) is 2.83. The molecule has 0 radical (unpaired) electrons. The van der Waals surface area contributed by atoms with Gasteiger partial charge in [0.1, 0.15) is 15.2 Å². The predicted molar refractivity (Wildman–Crippen MR) is 69.7 cm³/mol. The van der Waals surface area contributed by atoms with Gasteiger partial charge in [-0.1, -0.05) is 6.92 Å². The van der Waals surface area contributed by atoms with Gasteiger partial charge >= 0.3 is 0 Å². The summed E-state index contributed by atoms with van der Waals surface area (Å²) in [4.78, 5) is 0.379. The Labute approximate surface area is 111 Å². The van der Waals surface area contributed by atoms with Crippen molar-refractivity contribution in [1.29, 1.82) is 5.26 Å². The number of thiophene rings is 1. The maximum Gasteiger partial charge on any atom is 0.250 e. The van der Waals surface area contributed by atoms with Crippen molar-refractivity contribution in [2.75, 3.05) is 13.2 Å². The zero-order valence-electron chi connectivity index (χ0n) is 10.1. The van der Waals surface area contributed by atoms with Crippen LogP contribution in [0.4, 0.5) is 0 Å². The molecule has 0 spiro atoms. The monoisotopic (exact) mass is 288 g/mol. The Morgan fingerprint density at radius 3 is 2.83 bits per heavy atom. The van der Waals surface area contributed by atoms with E-state index in [1.54, 1.807) is 0 Å². The van der Waals surface area contributed by atoms with Crippen LogP contribution in [0.3, 0.4) is 0 Å². The first-order valence-corrected chi connectivity index (χ1v) is 7.90. The summed E-state index contributed by atoms with van der Waals surface area (Å²) in [6, 6.07) is 4.83. The largest absolute Gasteiger partial charge is 0.396 e.